The lowest BCUT2D eigenvalue weighted by Gasteiger charge is -2.45. The number of likely N-dealkylation sites (tertiary alicyclic amines) is 1. The predicted octanol–water partition coefficient (Wildman–Crippen LogP) is 1.26. The van der Waals surface area contributed by atoms with E-state index in [0.717, 1.165) is 25.2 Å². The molecule has 0 aliphatic carbocycles. The number of benzene rings is 1. The van der Waals surface area contributed by atoms with Gasteiger partial charge in [-0.3, -0.25) is 0 Å². The first-order chi connectivity index (χ1) is 9.45. The van der Waals surface area contributed by atoms with Crippen molar-refractivity contribution >= 4 is 0 Å². The Bertz CT molecular complexity index is 507. The van der Waals surface area contributed by atoms with Crippen molar-refractivity contribution in [2.45, 2.75) is 12.0 Å². The van der Waals surface area contributed by atoms with Crippen molar-refractivity contribution < 1.29 is 5.11 Å². The highest BCUT2D eigenvalue weighted by Gasteiger charge is 2.42. The lowest BCUT2D eigenvalue weighted by atomic mass is 9.75. The van der Waals surface area contributed by atoms with Crippen LogP contribution in [0.25, 0.3) is 0 Å². The van der Waals surface area contributed by atoms with Gasteiger partial charge < -0.3 is 14.9 Å². The molecule has 1 heterocycles. The SMILES string of the molecule is CN(C)C[C@H]1CN(C)CC[C@]1(O)c1cccc(C#N)c1. The fourth-order valence-electron chi connectivity index (χ4n) is 3.07. The fourth-order valence-corrected chi connectivity index (χ4v) is 3.07. The van der Waals surface area contributed by atoms with Crippen LogP contribution >= 0.6 is 0 Å². The molecular weight excluding hydrogens is 250 g/mol. The highest BCUT2D eigenvalue weighted by atomic mass is 16.3. The minimum Gasteiger partial charge on any atom is -0.385 e. The number of piperidine rings is 1. The Morgan fingerprint density at radius 1 is 1.50 bits per heavy atom. The van der Waals surface area contributed by atoms with Crippen LogP contribution in [0, 0.1) is 17.2 Å². The van der Waals surface area contributed by atoms with Crippen molar-refractivity contribution in [3.63, 3.8) is 0 Å². The summed E-state index contributed by atoms with van der Waals surface area (Å²) in [6, 6.07) is 9.56. The second kappa shape index (κ2) is 5.92. The summed E-state index contributed by atoms with van der Waals surface area (Å²) in [6.07, 6.45) is 0.705. The van der Waals surface area contributed by atoms with E-state index < -0.39 is 5.60 Å². The fraction of sp³-hybridized carbons (Fsp3) is 0.562. The summed E-state index contributed by atoms with van der Waals surface area (Å²) < 4.78 is 0. The zero-order valence-corrected chi connectivity index (χ0v) is 12.5. The van der Waals surface area contributed by atoms with Gasteiger partial charge in [-0.1, -0.05) is 12.1 Å². The zero-order valence-electron chi connectivity index (χ0n) is 12.5. The van der Waals surface area contributed by atoms with Crippen molar-refractivity contribution in [3.8, 4) is 6.07 Å². The Labute approximate surface area is 121 Å². The Hall–Kier alpha value is -1.41. The van der Waals surface area contributed by atoms with Gasteiger partial charge in [0.15, 0.2) is 0 Å². The Morgan fingerprint density at radius 2 is 2.25 bits per heavy atom. The molecule has 1 aliphatic rings. The third-order valence-corrected chi connectivity index (χ3v) is 4.16. The average molecular weight is 273 g/mol. The average Bonchev–Trinajstić information content (AvgIpc) is 2.42. The maximum atomic E-state index is 11.2. The molecule has 2 rings (SSSR count). The summed E-state index contributed by atoms with van der Waals surface area (Å²) in [7, 11) is 6.15. The van der Waals surface area contributed by atoms with Gasteiger partial charge in [-0.05, 0) is 45.3 Å². The maximum absolute atomic E-state index is 11.2. The van der Waals surface area contributed by atoms with Crippen molar-refractivity contribution in [1.82, 2.24) is 9.80 Å². The maximum Gasteiger partial charge on any atom is 0.0991 e. The number of rotatable bonds is 3. The van der Waals surface area contributed by atoms with E-state index in [0.29, 0.717) is 12.0 Å². The lowest BCUT2D eigenvalue weighted by Crippen LogP contribution is -2.52. The Balaban J connectivity index is 2.35. The summed E-state index contributed by atoms with van der Waals surface area (Å²) in [6.45, 7) is 2.57. The first-order valence-electron chi connectivity index (χ1n) is 7.02. The summed E-state index contributed by atoms with van der Waals surface area (Å²) in [5.41, 5.74) is 0.638. The minimum absolute atomic E-state index is 0.144. The number of hydrogen-bond donors (Lipinski definition) is 1. The monoisotopic (exact) mass is 273 g/mol. The van der Waals surface area contributed by atoms with E-state index in [9.17, 15) is 5.11 Å². The van der Waals surface area contributed by atoms with Crippen LogP contribution in [0.4, 0.5) is 0 Å². The van der Waals surface area contributed by atoms with Gasteiger partial charge in [0.05, 0.1) is 17.2 Å². The molecule has 0 amide bonds. The second-order valence-electron chi connectivity index (χ2n) is 6.09. The first-order valence-corrected chi connectivity index (χ1v) is 7.02. The molecule has 0 aromatic heterocycles. The van der Waals surface area contributed by atoms with Crippen LogP contribution in [-0.2, 0) is 5.60 Å². The van der Waals surface area contributed by atoms with Crippen molar-refractivity contribution in [3.05, 3.63) is 35.4 Å². The van der Waals surface area contributed by atoms with E-state index in [1.54, 1.807) is 6.07 Å². The van der Waals surface area contributed by atoms with Gasteiger partial charge in [0.25, 0.3) is 0 Å². The number of nitrogens with zero attached hydrogens (tertiary/aromatic N) is 3. The lowest BCUT2D eigenvalue weighted by molar-refractivity contribution is -0.0798. The minimum atomic E-state index is -0.844. The van der Waals surface area contributed by atoms with Gasteiger partial charge in [0.2, 0.25) is 0 Å². The van der Waals surface area contributed by atoms with Crippen LogP contribution in [0.3, 0.4) is 0 Å². The van der Waals surface area contributed by atoms with Crippen molar-refractivity contribution in [2.24, 2.45) is 5.92 Å². The number of nitriles is 1. The summed E-state index contributed by atoms with van der Waals surface area (Å²) in [5.74, 6) is 0.144. The normalized spacial score (nSPS) is 27.5. The highest BCUT2D eigenvalue weighted by Crippen LogP contribution is 2.37. The van der Waals surface area contributed by atoms with Gasteiger partial charge in [0.1, 0.15) is 0 Å². The van der Waals surface area contributed by atoms with E-state index in [-0.39, 0.29) is 5.92 Å². The molecule has 1 aromatic carbocycles. The van der Waals surface area contributed by atoms with Crippen LogP contribution in [0.2, 0.25) is 0 Å². The van der Waals surface area contributed by atoms with Gasteiger partial charge in [0, 0.05) is 25.6 Å². The predicted molar refractivity (Wildman–Crippen MR) is 79.2 cm³/mol. The topological polar surface area (TPSA) is 50.5 Å². The molecular formula is C16H23N3O. The summed E-state index contributed by atoms with van der Waals surface area (Å²) in [4.78, 5) is 4.37. The van der Waals surface area contributed by atoms with Gasteiger partial charge >= 0.3 is 0 Å². The molecule has 2 atom stereocenters. The molecule has 1 saturated heterocycles. The summed E-state index contributed by atoms with van der Waals surface area (Å²) in [5, 5.41) is 20.3. The molecule has 20 heavy (non-hydrogen) atoms. The molecule has 0 unspecified atom stereocenters. The smallest absolute Gasteiger partial charge is 0.0991 e. The van der Waals surface area contributed by atoms with E-state index in [1.165, 1.54) is 0 Å². The molecule has 0 bridgehead atoms. The van der Waals surface area contributed by atoms with E-state index in [1.807, 2.05) is 32.3 Å². The van der Waals surface area contributed by atoms with Crippen molar-refractivity contribution in [2.75, 3.05) is 40.8 Å². The molecule has 1 aliphatic heterocycles. The van der Waals surface area contributed by atoms with Crippen molar-refractivity contribution in [1.29, 1.82) is 5.26 Å². The number of hydrogen-bond acceptors (Lipinski definition) is 4. The van der Waals surface area contributed by atoms with Gasteiger partial charge in [-0.2, -0.15) is 5.26 Å². The summed E-state index contributed by atoms with van der Waals surface area (Å²) >= 11 is 0. The van der Waals surface area contributed by atoms with Crippen LogP contribution in [0.15, 0.2) is 24.3 Å². The Kier molecular flexibility index (Phi) is 4.44. The largest absolute Gasteiger partial charge is 0.385 e. The molecule has 0 spiro atoms. The molecule has 0 saturated carbocycles. The van der Waals surface area contributed by atoms with E-state index in [4.69, 9.17) is 5.26 Å². The highest BCUT2D eigenvalue weighted by molar-refractivity contribution is 5.36. The van der Waals surface area contributed by atoms with Crippen LogP contribution in [0.1, 0.15) is 17.5 Å². The molecule has 0 radical (unpaired) electrons. The Morgan fingerprint density at radius 3 is 2.90 bits per heavy atom. The van der Waals surface area contributed by atoms with Gasteiger partial charge in [-0.15, -0.1) is 0 Å². The van der Waals surface area contributed by atoms with Gasteiger partial charge in [-0.25, -0.2) is 0 Å². The molecule has 108 valence electrons. The van der Waals surface area contributed by atoms with E-state index >= 15 is 0 Å². The molecule has 4 heteroatoms. The standard InChI is InChI=1S/C16H23N3O/c1-18(2)11-15-12-19(3)8-7-16(15,20)14-6-4-5-13(9-14)10-17/h4-6,9,15,20H,7-8,11-12H2,1-3H3/t15-,16-/m0/s1. The first kappa shape index (κ1) is 15.0. The number of aliphatic hydroxyl groups is 1. The third kappa shape index (κ3) is 3.01. The van der Waals surface area contributed by atoms with Crippen LogP contribution in [0.5, 0.6) is 0 Å². The second-order valence-corrected chi connectivity index (χ2v) is 6.09. The quantitative estimate of drug-likeness (QED) is 0.901. The zero-order chi connectivity index (χ0) is 14.8. The van der Waals surface area contributed by atoms with Crippen LogP contribution < -0.4 is 0 Å². The third-order valence-electron chi connectivity index (χ3n) is 4.16. The molecule has 4 nitrogen and oxygen atoms in total. The van der Waals surface area contributed by atoms with E-state index in [2.05, 4.69) is 22.9 Å². The molecule has 1 N–H and O–H groups in total. The van der Waals surface area contributed by atoms with Crippen LogP contribution in [-0.4, -0.2) is 55.7 Å². The molecule has 1 aromatic rings. The molecule has 1 fully saturated rings.